The van der Waals surface area contributed by atoms with Crippen LogP contribution in [0, 0.1) is 0 Å². The van der Waals surface area contributed by atoms with Gasteiger partial charge in [0.2, 0.25) is 0 Å². The van der Waals surface area contributed by atoms with Crippen molar-refractivity contribution in [3.8, 4) is 0 Å². The van der Waals surface area contributed by atoms with E-state index in [1.165, 1.54) is 12.1 Å². The smallest absolute Gasteiger partial charge is 0.335 e. The van der Waals surface area contributed by atoms with Gasteiger partial charge in [0.25, 0.3) is 5.91 Å². The maximum absolute atomic E-state index is 11.8. The minimum absolute atomic E-state index is 0.119. The number of aromatic carboxylic acids is 1. The van der Waals surface area contributed by atoms with Gasteiger partial charge in [-0.15, -0.1) is 0 Å². The molecule has 0 bridgehead atoms. The third-order valence-corrected chi connectivity index (χ3v) is 3.21. The number of carbonyl (C=O) groups is 2. The van der Waals surface area contributed by atoms with Crippen molar-refractivity contribution >= 4 is 17.6 Å². The van der Waals surface area contributed by atoms with Gasteiger partial charge in [-0.1, -0.05) is 18.2 Å². The van der Waals surface area contributed by atoms with Gasteiger partial charge in [0.15, 0.2) is 0 Å². The van der Waals surface area contributed by atoms with E-state index in [2.05, 4.69) is 10.6 Å². The van der Waals surface area contributed by atoms with Crippen molar-refractivity contribution in [1.29, 1.82) is 0 Å². The zero-order valence-electron chi connectivity index (χ0n) is 12.4. The first-order chi connectivity index (χ1) is 11.1. The number of amides is 1. The van der Waals surface area contributed by atoms with Gasteiger partial charge in [-0.2, -0.15) is 0 Å². The maximum Gasteiger partial charge on any atom is 0.335 e. The molecular weight excluding hydrogens is 296 g/mol. The average molecular weight is 314 g/mol. The van der Waals surface area contributed by atoms with Crippen molar-refractivity contribution in [3.63, 3.8) is 0 Å². The van der Waals surface area contributed by atoms with E-state index in [1.807, 2.05) is 6.07 Å². The second-order valence-corrected chi connectivity index (χ2v) is 4.99. The molecule has 2 rings (SSSR count). The Morgan fingerprint density at radius 2 is 1.57 bits per heavy atom. The predicted octanol–water partition coefficient (Wildman–Crippen LogP) is 1.59. The molecule has 0 aliphatic rings. The van der Waals surface area contributed by atoms with Crippen molar-refractivity contribution < 1.29 is 19.8 Å². The molecule has 0 heterocycles. The molecule has 0 fully saturated rings. The summed E-state index contributed by atoms with van der Waals surface area (Å²) in [5.41, 5.74) is 1.44. The first-order valence-electron chi connectivity index (χ1n) is 7.15. The minimum Gasteiger partial charge on any atom is -0.478 e. The van der Waals surface area contributed by atoms with Crippen molar-refractivity contribution in [2.24, 2.45) is 0 Å². The highest BCUT2D eigenvalue weighted by molar-refractivity contribution is 5.94. The number of carboxylic acids is 1. The number of nitrogens with one attached hydrogen (secondary N) is 2. The van der Waals surface area contributed by atoms with Crippen molar-refractivity contribution in [2.75, 3.05) is 18.4 Å². The van der Waals surface area contributed by atoms with Gasteiger partial charge in [-0.3, -0.25) is 4.79 Å². The lowest BCUT2D eigenvalue weighted by Gasteiger charge is -2.14. The Morgan fingerprint density at radius 3 is 2.17 bits per heavy atom. The number of hydrogen-bond acceptors (Lipinski definition) is 4. The molecule has 0 aliphatic carbocycles. The predicted molar refractivity (Wildman–Crippen MR) is 86.7 cm³/mol. The minimum atomic E-state index is -0.986. The highest BCUT2D eigenvalue weighted by atomic mass is 16.4. The number of carboxylic acid groups (broad SMARTS) is 1. The molecule has 0 saturated carbocycles. The molecule has 0 radical (unpaired) electrons. The van der Waals surface area contributed by atoms with Gasteiger partial charge in [0.1, 0.15) is 0 Å². The SMILES string of the molecule is O=C(O)c1ccc(NCC(O)CNC(=O)c2ccccc2)cc1. The monoisotopic (exact) mass is 314 g/mol. The van der Waals surface area contributed by atoms with E-state index in [4.69, 9.17) is 5.11 Å². The first kappa shape index (κ1) is 16.5. The number of anilines is 1. The Balaban J connectivity index is 1.75. The summed E-state index contributed by atoms with van der Waals surface area (Å²) in [4.78, 5) is 22.6. The van der Waals surface area contributed by atoms with Crippen LogP contribution < -0.4 is 10.6 Å². The molecule has 2 aromatic carbocycles. The van der Waals surface area contributed by atoms with Crippen molar-refractivity contribution in [1.82, 2.24) is 5.32 Å². The van der Waals surface area contributed by atoms with Gasteiger partial charge in [0, 0.05) is 24.3 Å². The third-order valence-electron chi connectivity index (χ3n) is 3.21. The second kappa shape index (κ2) is 7.95. The summed E-state index contributed by atoms with van der Waals surface area (Å²) in [5, 5.41) is 24.3. The Labute approximate surface area is 133 Å². The molecule has 1 unspecified atom stereocenters. The number of carbonyl (C=O) groups excluding carboxylic acids is 1. The van der Waals surface area contributed by atoms with Crippen LogP contribution in [-0.4, -0.2) is 41.3 Å². The van der Waals surface area contributed by atoms with Crippen LogP contribution in [0.1, 0.15) is 20.7 Å². The van der Waals surface area contributed by atoms with Crippen LogP contribution in [0.15, 0.2) is 54.6 Å². The lowest BCUT2D eigenvalue weighted by molar-refractivity contribution is 0.0696. The normalized spacial score (nSPS) is 11.5. The Kier molecular flexibility index (Phi) is 5.71. The second-order valence-electron chi connectivity index (χ2n) is 4.99. The molecule has 120 valence electrons. The molecule has 6 heteroatoms. The van der Waals surface area contributed by atoms with E-state index in [0.717, 1.165) is 0 Å². The molecule has 6 nitrogen and oxygen atoms in total. The molecule has 1 atom stereocenters. The van der Waals surface area contributed by atoms with Crippen LogP contribution in [0.25, 0.3) is 0 Å². The average Bonchev–Trinajstić information content (AvgIpc) is 2.59. The van der Waals surface area contributed by atoms with E-state index in [1.54, 1.807) is 36.4 Å². The summed E-state index contributed by atoms with van der Waals surface area (Å²) in [6.07, 6.45) is -0.762. The highest BCUT2D eigenvalue weighted by Gasteiger charge is 2.09. The van der Waals surface area contributed by atoms with Crippen LogP contribution in [-0.2, 0) is 0 Å². The fourth-order valence-corrected chi connectivity index (χ4v) is 1.94. The first-order valence-corrected chi connectivity index (χ1v) is 7.15. The van der Waals surface area contributed by atoms with Crippen LogP contribution in [0.3, 0.4) is 0 Å². The fourth-order valence-electron chi connectivity index (χ4n) is 1.94. The molecule has 23 heavy (non-hydrogen) atoms. The number of aliphatic hydroxyl groups excluding tert-OH is 1. The summed E-state index contributed by atoms with van der Waals surface area (Å²) < 4.78 is 0. The van der Waals surface area contributed by atoms with Crippen LogP contribution in [0.2, 0.25) is 0 Å². The van der Waals surface area contributed by atoms with E-state index >= 15 is 0 Å². The molecule has 0 aromatic heterocycles. The number of rotatable bonds is 7. The molecule has 0 spiro atoms. The summed E-state index contributed by atoms with van der Waals surface area (Å²) in [5.74, 6) is -1.23. The van der Waals surface area contributed by atoms with E-state index < -0.39 is 12.1 Å². The third kappa shape index (κ3) is 5.12. The Morgan fingerprint density at radius 1 is 0.913 bits per heavy atom. The lowest BCUT2D eigenvalue weighted by atomic mass is 10.2. The van der Waals surface area contributed by atoms with Gasteiger partial charge < -0.3 is 20.8 Å². The summed E-state index contributed by atoms with van der Waals surface area (Å²) in [6, 6.07) is 15.0. The quantitative estimate of drug-likeness (QED) is 0.622. The summed E-state index contributed by atoms with van der Waals surface area (Å²) in [7, 11) is 0. The maximum atomic E-state index is 11.8. The van der Waals surface area contributed by atoms with Crippen LogP contribution >= 0.6 is 0 Å². The number of hydrogen-bond donors (Lipinski definition) is 4. The van der Waals surface area contributed by atoms with Gasteiger partial charge in [-0.25, -0.2) is 4.79 Å². The van der Waals surface area contributed by atoms with E-state index in [-0.39, 0.29) is 24.6 Å². The standard InChI is InChI=1S/C17H18N2O4/c20-15(11-19-16(21)12-4-2-1-3-5-12)10-18-14-8-6-13(7-9-14)17(22)23/h1-9,15,18,20H,10-11H2,(H,19,21)(H,22,23). The summed E-state index contributed by atoms with van der Waals surface area (Å²) >= 11 is 0. The van der Waals surface area contributed by atoms with Crippen LogP contribution in [0.5, 0.6) is 0 Å². The Hall–Kier alpha value is -2.86. The van der Waals surface area contributed by atoms with Gasteiger partial charge in [0.05, 0.1) is 11.7 Å². The lowest BCUT2D eigenvalue weighted by Crippen LogP contribution is -2.35. The number of aliphatic hydroxyl groups is 1. The molecule has 0 aliphatic heterocycles. The van der Waals surface area contributed by atoms with E-state index in [0.29, 0.717) is 11.3 Å². The van der Waals surface area contributed by atoms with Crippen LogP contribution in [0.4, 0.5) is 5.69 Å². The zero-order valence-corrected chi connectivity index (χ0v) is 12.4. The molecule has 2 aromatic rings. The highest BCUT2D eigenvalue weighted by Crippen LogP contribution is 2.09. The van der Waals surface area contributed by atoms with Gasteiger partial charge >= 0.3 is 5.97 Å². The summed E-state index contributed by atoms with van der Waals surface area (Å²) in [6.45, 7) is 0.357. The molecule has 1 amide bonds. The zero-order chi connectivity index (χ0) is 16.7. The largest absolute Gasteiger partial charge is 0.478 e. The van der Waals surface area contributed by atoms with E-state index in [9.17, 15) is 14.7 Å². The van der Waals surface area contributed by atoms with Gasteiger partial charge in [-0.05, 0) is 36.4 Å². The van der Waals surface area contributed by atoms with Crippen molar-refractivity contribution in [3.05, 3.63) is 65.7 Å². The van der Waals surface area contributed by atoms with Crippen molar-refractivity contribution in [2.45, 2.75) is 6.10 Å². The molecular formula is C17H18N2O4. The fraction of sp³-hybridized carbons (Fsp3) is 0.176. The topological polar surface area (TPSA) is 98.7 Å². The number of benzene rings is 2. The molecule has 0 saturated heterocycles. The molecule has 4 N–H and O–H groups in total. The Bertz CT molecular complexity index is 656.